The molecule has 1 spiro atoms. The molecule has 0 radical (unpaired) electrons. The summed E-state index contributed by atoms with van der Waals surface area (Å²) in [5.41, 5.74) is 2.61. The fraction of sp³-hybridized carbons (Fsp3) is 0.147. The predicted octanol–water partition coefficient (Wildman–Crippen LogP) is 5.76. The number of hydrogen-bond acceptors (Lipinski definition) is 6. The first kappa shape index (κ1) is 25.6. The Morgan fingerprint density at radius 1 is 0.881 bits per heavy atom. The zero-order chi connectivity index (χ0) is 29.2. The van der Waals surface area contributed by atoms with E-state index in [1.165, 1.54) is 24.3 Å². The van der Waals surface area contributed by atoms with E-state index in [-0.39, 0.29) is 22.9 Å². The highest BCUT2D eigenvalue weighted by Crippen LogP contribution is 2.58. The molecule has 0 aromatic heterocycles. The Hall–Kier alpha value is -5.37. The maximum Gasteiger partial charge on any atom is 0.270 e. The summed E-state index contributed by atoms with van der Waals surface area (Å²) in [5, 5.41) is 14.6. The molecule has 42 heavy (non-hydrogen) atoms. The molecule has 4 unspecified atom stereocenters. The van der Waals surface area contributed by atoms with Crippen molar-refractivity contribution in [2.75, 3.05) is 10.2 Å². The summed E-state index contributed by atoms with van der Waals surface area (Å²) in [4.78, 5) is 56.8. The third-order valence-corrected chi connectivity index (χ3v) is 8.74. The highest BCUT2D eigenvalue weighted by molar-refractivity contribution is 6.18. The molecule has 1 N–H and O–H groups in total. The molecule has 3 aliphatic rings. The van der Waals surface area contributed by atoms with Gasteiger partial charge in [0.1, 0.15) is 11.5 Å². The van der Waals surface area contributed by atoms with Gasteiger partial charge in [0.05, 0.1) is 16.9 Å². The Morgan fingerprint density at radius 3 is 2.40 bits per heavy atom. The van der Waals surface area contributed by atoms with Crippen LogP contribution in [0.3, 0.4) is 0 Å². The molecule has 0 aliphatic carbocycles. The first-order valence-electron chi connectivity index (χ1n) is 13.7. The molecule has 1 amide bonds. The van der Waals surface area contributed by atoms with Crippen LogP contribution in [0.2, 0.25) is 0 Å². The molecular formula is C34H25N3O5. The molecule has 4 aromatic carbocycles. The molecule has 4 aromatic rings. The molecule has 3 aliphatic heterocycles. The van der Waals surface area contributed by atoms with Gasteiger partial charge in [-0.3, -0.25) is 24.5 Å². The molecule has 1 fully saturated rings. The summed E-state index contributed by atoms with van der Waals surface area (Å²) in [5.74, 6) is -2.39. The van der Waals surface area contributed by atoms with E-state index < -0.39 is 34.1 Å². The van der Waals surface area contributed by atoms with Crippen LogP contribution in [0.5, 0.6) is 0 Å². The molecule has 206 valence electrons. The van der Waals surface area contributed by atoms with Crippen molar-refractivity contribution in [3.8, 4) is 0 Å². The maximum absolute atomic E-state index is 14.8. The second-order valence-electron chi connectivity index (χ2n) is 11.0. The molecule has 7 rings (SSSR count). The average Bonchev–Trinajstić information content (AvgIpc) is 3.49. The summed E-state index contributed by atoms with van der Waals surface area (Å²) in [7, 11) is 0. The Bertz CT molecular complexity index is 1850. The van der Waals surface area contributed by atoms with Crippen molar-refractivity contribution in [1.82, 2.24) is 0 Å². The minimum absolute atomic E-state index is 0.0737. The largest absolute Gasteiger partial charge is 0.352 e. The van der Waals surface area contributed by atoms with Crippen molar-refractivity contribution in [3.63, 3.8) is 0 Å². The third-order valence-electron chi connectivity index (χ3n) is 8.74. The normalized spacial score (nSPS) is 23.2. The number of nitrogens with one attached hydrogen (secondary N) is 1. The van der Waals surface area contributed by atoms with Gasteiger partial charge in [0.2, 0.25) is 5.91 Å². The Kier molecular flexibility index (Phi) is 5.69. The summed E-state index contributed by atoms with van der Waals surface area (Å²) < 4.78 is 0. The topological polar surface area (TPSA) is 110 Å². The molecule has 1 saturated heterocycles. The number of para-hydroxylation sites is 1. The van der Waals surface area contributed by atoms with Crippen LogP contribution in [0, 0.1) is 23.0 Å². The standard InChI is InChI=1S/C34H25N3O5/c1-20-14-16-27-22(18-20)15-17-28-34(25-12-5-6-13-26(25)35-33(34)40)29(31(38)23-10-7-11-24(19-23)37(41)42)30(36(27)28)32(39)21-8-3-2-4-9-21/h2-19,28-30H,1H3,(H,35,40). The number of ketones is 2. The van der Waals surface area contributed by atoms with Crippen molar-refractivity contribution < 1.29 is 19.3 Å². The number of rotatable bonds is 5. The summed E-state index contributed by atoms with van der Waals surface area (Å²) >= 11 is 0. The Labute approximate surface area is 241 Å². The zero-order valence-electron chi connectivity index (χ0n) is 22.6. The van der Waals surface area contributed by atoms with Gasteiger partial charge in [0, 0.05) is 34.6 Å². The lowest BCUT2D eigenvalue weighted by molar-refractivity contribution is -0.384. The number of non-ortho nitro benzene ring substituents is 1. The number of hydrogen-bond donors (Lipinski definition) is 1. The van der Waals surface area contributed by atoms with Gasteiger partial charge >= 0.3 is 0 Å². The van der Waals surface area contributed by atoms with E-state index in [2.05, 4.69) is 5.32 Å². The molecule has 8 nitrogen and oxygen atoms in total. The number of carbonyl (C=O) groups excluding carboxylic acids is 3. The number of carbonyl (C=O) groups is 3. The van der Waals surface area contributed by atoms with Crippen LogP contribution in [0.1, 0.15) is 37.4 Å². The van der Waals surface area contributed by atoms with Crippen LogP contribution < -0.4 is 10.2 Å². The van der Waals surface area contributed by atoms with Crippen molar-refractivity contribution >= 4 is 40.6 Å². The Morgan fingerprint density at radius 2 is 1.62 bits per heavy atom. The fourth-order valence-corrected chi connectivity index (χ4v) is 7.02. The van der Waals surface area contributed by atoms with Gasteiger partial charge < -0.3 is 10.2 Å². The third kappa shape index (κ3) is 3.51. The van der Waals surface area contributed by atoms with E-state index in [4.69, 9.17) is 0 Å². The first-order chi connectivity index (χ1) is 20.3. The number of aryl methyl sites for hydroxylation is 1. The van der Waals surface area contributed by atoms with E-state index in [0.717, 1.165) is 16.8 Å². The predicted molar refractivity (Wildman–Crippen MR) is 159 cm³/mol. The lowest BCUT2D eigenvalue weighted by atomic mass is 9.64. The van der Waals surface area contributed by atoms with Crippen molar-refractivity contribution in [3.05, 3.63) is 141 Å². The smallest absolute Gasteiger partial charge is 0.270 e. The zero-order valence-corrected chi connectivity index (χ0v) is 22.6. The number of fused-ring (bicyclic) bond motifs is 6. The van der Waals surface area contributed by atoms with E-state index in [1.54, 1.807) is 30.3 Å². The Balaban J connectivity index is 1.54. The van der Waals surface area contributed by atoms with Gasteiger partial charge in [-0.05, 0) is 36.2 Å². The van der Waals surface area contributed by atoms with E-state index in [1.807, 2.05) is 66.4 Å². The van der Waals surface area contributed by atoms with Crippen LogP contribution in [-0.4, -0.2) is 34.5 Å². The molecule has 3 heterocycles. The molecular weight excluding hydrogens is 530 g/mol. The summed E-state index contributed by atoms with van der Waals surface area (Å²) in [6.07, 6.45) is 3.86. The number of anilines is 2. The van der Waals surface area contributed by atoms with Gasteiger partial charge in [-0.15, -0.1) is 0 Å². The number of amides is 1. The van der Waals surface area contributed by atoms with Gasteiger partial charge in [-0.25, -0.2) is 0 Å². The monoisotopic (exact) mass is 555 g/mol. The minimum atomic E-state index is -1.48. The SMILES string of the molecule is Cc1ccc2c(c1)C=CC1N2C(C(=O)c2ccccc2)C(C(=O)c2cccc([N+](=O)[O-])c2)C12C(=O)Nc1ccccc12. The van der Waals surface area contributed by atoms with Gasteiger partial charge in [0.15, 0.2) is 11.6 Å². The number of nitro groups is 1. The number of nitrogens with zero attached hydrogens (tertiary/aromatic N) is 2. The lowest BCUT2D eigenvalue weighted by Crippen LogP contribution is -2.51. The number of benzene rings is 4. The van der Waals surface area contributed by atoms with E-state index in [9.17, 15) is 24.5 Å². The van der Waals surface area contributed by atoms with Crippen molar-refractivity contribution in [1.29, 1.82) is 0 Å². The average molecular weight is 556 g/mol. The second kappa shape index (κ2) is 9.34. The first-order valence-corrected chi connectivity index (χ1v) is 13.7. The summed E-state index contributed by atoms with van der Waals surface area (Å²) in [6, 6.07) is 25.6. The van der Waals surface area contributed by atoms with Crippen molar-refractivity contribution in [2.45, 2.75) is 24.4 Å². The van der Waals surface area contributed by atoms with Gasteiger partial charge in [0.25, 0.3) is 5.69 Å². The van der Waals surface area contributed by atoms with Gasteiger partial charge in [-0.2, -0.15) is 0 Å². The second-order valence-corrected chi connectivity index (χ2v) is 11.0. The van der Waals surface area contributed by atoms with Crippen LogP contribution in [0.25, 0.3) is 6.08 Å². The van der Waals surface area contributed by atoms with Crippen LogP contribution in [-0.2, 0) is 10.2 Å². The fourth-order valence-electron chi connectivity index (χ4n) is 7.02. The van der Waals surface area contributed by atoms with Crippen LogP contribution in [0.15, 0.2) is 103 Å². The highest BCUT2D eigenvalue weighted by atomic mass is 16.6. The number of Topliss-reactive ketones (excluding diaryl/α,β-unsaturated/α-hetero) is 2. The summed E-state index contributed by atoms with van der Waals surface area (Å²) in [6.45, 7) is 1.98. The van der Waals surface area contributed by atoms with Crippen LogP contribution in [0.4, 0.5) is 17.1 Å². The number of nitro benzene ring substituents is 1. The van der Waals surface area contributed by atoms with E-state index >= 15 is 0 Å². The maximum atomic E-state index is 14.8. The molecule has 8 heteroatoms. The van der Waals surface area contributed by atoms with Crippen LogP contribution >= 0.6 is 0 Å². The van der Waals surface area contributed by atoms with Gasteiger partial charge in [-0.1, -0.05) is 84.4 Å². The molecule has 0 saturated carbocycles. The quantitative estimate of drug-likeness (QED) is 0.191. The van der Waals surface area contributed by atoms with E-state index in [0.29, 0.717) is 16.8 Å². The minimum Gasteiger partial charge on any atom is -0.352 e. The molecule has 0 bridgehead atoms. The molecule has 4 atom stereocenters. The van der Waals surface area contributed by atoms with Crippen molar-refractivity contribution in [2.24, 2.45) is 5.92 Å². The highest BCUT2D eigenvalue weighted by Gasteiger charge is 2.70. The lowest BCUT2D eigenvalue weighted by Gasteiger charge is -2.37.